The zero-order valence-electron chi connectivity index (χ0n) is 9.51. The van der Waals surface area contributed by atoms with Crippen molar-refractivity contribution in [1.82, 2.24) is 4.98 Å². The van der Waals surface area contributed by atoms with Crippen molar-refractivity contribution in [2.24, 2.45) is 0 Å². The first-order valence-corrected chi connectivity index (χ1v) is 5.84. The van der Waals surface area contributed by atoms with E-state index >= 15 is 0 Å². The Kier molecular flexibility index (Phi) is 2.50. The third-order valence-electron chi connectivity index (χ3n) is 2.97. The number of nitrogens with zero attached hydrogens (tertiary/aromatic N) is 1. The van der Waals surface area contributed by atoms with Crippen molar-refractivity contribution in [3.05, 3.63) is 61.8 Å². The van der Waals surface area contributed by atoms with Crippen LogP contribution < -0.4 is 5.43 Å². The highest BCUT2D eigenvalue weighted by Gasteiger charge is 2.23. The third kappa shape index (κ3) is 1.75. The summed E-state index contributed by atoms with van der Waals surface area (Å²) in [5.41, 5.74) is 0.519. The highest BCUT2D eigenvalue weighted by molar-refractivity contribution is 6.31. The molecule has 1 aromatic carbocycles. The van der Waals surface area contributed by atoms with Crippen LogP contribution >= 0.6 is 11.6 Å². The molecule has 1 N–H and O–H groups in total. The normalized spacial score (nSPS) is 11.0. The largest absolute Gasteiger partial charge is 0.349 e. The minimum absolute atomic E-state index is 0.150. The zero-order chi connectivity index (χ0) is 13.6. The highest BCUT2D eigenvalue weighted by Crippen LogP contribution is 2.32. The van der Waals surface area contributed by atoms with Gasteiger partial charge in [-0.2, -0.15) is 0 Å². The van der Waals surface area contributed by atoms with E-state index in [0.717, 1.165) is 17.0 Å². The van der Waals surface area contributed by atoms with Crippen molar-refractivity contribution in [2.45, 2.75) is 0 Å². The molecule has 1 aliphatic carbocycles. The summed E-state index contributed by atoms with van der Waals surface area (Å²) in [5, 5.41) is 11.7. The van der Waals surface area contributed by atoms with Gasteiger partial charge in [-0.3, -0.25) is 14.9 Å². The number of hydrogen-bond donors (Lipinski definition) is 1. The second-order valence-electron chi connectivity index (χ2n) is 4.11. The molecule has 94 valence electrons. The monoisotopic (exact) mass is 274 g/mol. The number of nitro groups is 1. The van der Waals surface area contributed by atoms with Gasteiger partial charge in [-0.15, -0.1) is 0 Å². The molecule has 0 saturated heterocycles. The molecule has 0 radical (unpaired) electrons. The first-order chi connectivity index (χ1) is 9.08. The fourth-order valence-electron chi connectivity index (χ4n) is 2.08. The van der Waals surface area contributed by atoms with Crippen LogP contribution in [0.25, 0.3) is 22.2 Å². The summed E-state index contributed by atoms with van der Waals surface area (Å²) in [4.78, 5) is 25.4. The van der Waals surface area contributed by atoms with E-state index in [2.05, 4.69) is 4.98 Å². The van der Waals surface area contributed by atoms with Crippen LogP contribution in [0.3, 0.4) is 0 Å². The highest BCUT2D eigenvalue weighted by atomic mass is 35.5. The van der Waals surface area contributed by atoms with Gasteiger partial charge in [0.1, 0.15) is 5.69 Å². The predicted octanol–water partition coefficient (Wildman–Crippen LogP) is 3.19. The summed E-state index contributed by atoms with van der Waals surface area (Å²) in [7, 11) is 0. The lowest BCUT2D eigenvalue weighted by atomic mass is 10.0. The van der Waals surface area contributed by atoms with Crippen LogP contribution in [-0.2, 0) is 0 Å². The Morgan fingerprint density at radius 2 is 1.95 bits per heavy atom. The van der Waals surface area contributed by atoms with Crippen molar-refractivity contribution >= 4 is 28.2 Å². The first-order valence-electron chi connectivity index (χ1n) is 5.46. The molecule has 1 aliphatic heterocycles. The van der Waals surface area contributed by atoms with Crippen LogP contribution in [0.15, 0.2) is 41.2 Å². The Bertz CT molecular complexity index is 841. The van der Waals surface area contributed by atoms with Gasteiger partial charge in [0, 0.05) is 11.6 Å². The molecular formula is C13H7ClN2O3. The van der Waals surface area contributed by atoms with Crippen molar-refractivity contribution < 1.29 is 4.92 Å². The molecule has 0 atom stereocenters. The van der Waals surface area contributed by atoms with Crippen molar-refractivity contribution in [2.75, 3.05) is 0 Å². The molecule has 0 amide bonds. The fraction of sp³-hybridized carbons (Fsp3) is 0. The molecule has 3 rings (SSSR count). The Labute approximate surface area is 111 Å². The minimum atomic E-state index is -0.557. The maximum atomic E-state index is 12.0. The number of para-hydroxylation sites is 1. The SMILES string of the molecule is O=c1c(Cl)cc([N+](=O)[O-])c2[nH]c3ccccc3cc1-2. The lowest BCUT2D eigenvalue weighted by Crippen LogP contribution is -2.10. The molecule has 0 unspecified atom stereocenters. The average molecular weight is 275 g/mol. The summed E-state index contributed by atoms with van der Waals surface area (Å²) in [6, 6.07) is 9.94. The van der Waals surface area contributed by atoms with Crippen LogP contribution in [0.2, 0.25) is 5.02 Å². The standard InChI is InChI=1S/C13H7ClN2O3/c14-9-6-11(16(18)19)12-8(13(9)17)5-7-3-1-2-4-10(7)15-12/h1-6,15H. The Hall–Kier alpha value is -2.40. The van der Waals surface area contributed by atoms with E-state index in [1.165, 1.54) is 0 Å². The van der Waals surface area contributed by atoms with Gasteiger partial charge >= 0.3 is 0 Å². The maximum absolute atomic E-state index is 12.0. The lowest BCUT2D eigenvalue weighted by Gasteiger charge is -2.08. The molecule has 1 heterocycles. The average Bonchev–Trinajstić information content (AvgIpc) is 2.41. The van der Waals surface area contributed by atoms with Gasteiger partial charge in [-0.05, 0) is 17.5 Å². The number of pyridine rings is 1. The van der Waals surface area contributed by atoms with Crippen LogP contribution in [0.4, 0.5) is 5.69 Å². The number of H-pyrrole nitrogens is 1. The van der Waals surface area contributed by atoms with E-state index in [1.54, 1.807) is 12.1 Å². The number of nitro benzene ring substituents is 1. The smallest absolute Gasteiger partial charge is 0.295 e. The van der Waals surface area contributed by atoms with Gasteiger partial charge in [0.2, 0.25) is 5.43 Å². The molecule has 0 saturated carbocycles. The molecule has 0 fully saturated rings. The molecule has 0 aromatic heterocycles. The Morgan fingerprint density at radius 1 is 1.21 bits per heavy atom. The van der Waals surface area contributed by atoms with Crippen molar-refractivity contribution in [3.8, 4) is 11.3 Å². The summed E-state index contributed by atoms with van der Waals surface area (Å²) in [6.07, 6.45) is 0. The number of aromatic nitrogens is 1. The van der Waals surface area contributed by atoms with E-state index in [9.17, 15) is 14.9 Å². The summed E-state index contributed by atoms with van der Waals surface area (Å²) in [6.45, 7) is 0. The number of rotatable bonds is 1. The van der Waals surface area contributed by atoms with Crippen molar-refractivity contribution in [1.29, 1.82) is 0 Å². The van der Waals surface area contributed by atoms with E-state index in [1.807, 2.05) is 18.2 Å². The lowest BCUT2D eigenvalue weighted by molar-refractivity contribution is -0.384. The van der Waals surface area contributed by atoms with Crippen LogP contribution in [0.1, 0.15) is 0 Å². The molecule has 2 aliphatic rings. The number of nitrogens with one attached hydrogen (secondary N) is 1. The molecule has 5 nitrogen and oxygen atoms in total. The molecular weight excluding hydrogens is 268 g/mol. The second-order valence-corrected chi connectivity index (χ2v) is 4.52. The Morgan fingerprint density at radius 3 is 2.68 bits per heavy atom. The van der Waals surface area contributed by atoms with Gasteiger partial charge in [-0.25, -0.2) is 0 Å². The molecule has 19 heavy (non-hydrogen) atoms. The quantitative estimate of drug-likeness (QED) is 0.420. The van der Waals surface area contributed by atoms with E-state index in [0.29, 0.717) is 0 Å². The van der Waals surface area contributed by atoms with Gasteiger partial charge < -0.3 is 4.98 Å². The van der Waals surface area contributed by atoms with Crippen LogP contribution in [0, 0.1) is 10.1 Å². The third-order valence-corrected chi connectivity index (χ3v) is 3.25. The summed E-state index contributed by atoms with van der Waals surface area (Å²) >= 11 is 5.76. The summed E-state index contributed by atoms with van der Waals surface area (Å²) < 4.78 is 0. The van der Waals surface area contributed by atoms with Gasteiger partial charge in [0.15, 0.2) is 0 Å². The van der Waals surface area contributed by atoms with Gasteiger partial charge in [-0.1, -0.05) is 29.8 Å². The van der Waals surface area contributed by atoms with Gasteiger partial charge in [0.05, 0.1) is 15.5 Å². The number of benzene rings is 2. The van der Waals surface area contributed by atoms with Gasteiger partial charge in [0.25, 0.3) is 5.69 Å². The molecule has 0 bridgehead atoms. The van der Waals surface area contributed by atoms with Crippen LogP contribution in [-0.4, -0.2) is 9.91 Å². The second kappa shape index (κ2) is 4.07. The predicted molar refractivity (Wildman–Crippen MR) is 72.9 cm³/mol. The Balaban J connectivity index is 2.55. The number of fused-ring (bicyclic) bond motifs is 2. The topological polar surface area (TPSA) is 76.0 Å². The van der Waals surface area contributed by atoms with Crippen molar-refractivity contribution in [3.63, 3.8) is 0 Å². The number of aromatic amines is 1. The number of hydrogen-bond acceptors (Lipinski definition) is 3. The molecule has 0 spiro atoms. The molecule has 6 heteroatoms. The van der Waals surface area contributed by atoms with E-state index < -0.39 is 10.4 Å². The van der Waals surface area contributed by atoms with E-state index in [4.69, 9.17) is 11.6 Å². The molecule has 1 aromatic rings. The van der Waals surface area contributed by atoms with Crippen LogP contribution in [0.5, 0.6) is 0 Å². The number of halogens is 1. The first kappa shape index (κ1) is 11.7. The van der Waals surface area contributed by atoms with E-state index in [-0.39, 0.29) is 22.0 Å². The fourth-order valence-corrected chi connectivity index (χ4v) is 2.28. The zero-order valence-corrected chi connectivity index (χ0v) is 10.3. The minimum Gasteiger partial charge on any atom is -0.349 e. The maximum Gasteiger partial charge on any atom is 0.295 e. The summed E-state index contributed by atoms with van der Waals surface area (Å²) in [5.74, 6) is 0.